The van der Waals surface area contributed by atoms with Crippen molar-refractivity contribution in [1.82, 2.24) is 10.2 Å². The van der Waals surface area contributed by atoms with Crippen molar-refractivity contribution >= 4 is 21.7 Å². The van der Waals surface area contributed by atoms with Gasteiger partial charge in [-0.1, -0.05) is 18.2 Å². The number of alkyl halides is 3. The number of likely N-dealkylation sites (tertiary alicyclic amines) is 1. The Bertz CT molecular complexity index is 1410. The summed E-state index contributed by atoms with van der Waals surface area (Å²) in [6, 6.07) is 4.93. The molecule has 3 atom stereocenters. The van der Waals surface area contributed by atoms with Crippen molar-refractivity contribution in [2.75, 3.05) is 12.8 Å². The molecule has 210 valence electrons. The largest absolute Gasteiger partial charge is 0.416 e. The first-order valence-electron chi connectivity index (χ1n) is 12.3. The summed E-state index contributed by atoms with van der Waals surface area (Å²) < 4.78 is 78.0. The molecule has 0 radical (unpaired) electrons. The minimum absolute atomic E-state index is 0.0566. The zero-order chi connectivity index (χ0) is 28.8. The molecule has 39 heavy (non-hydrogen) atoms. The lowest BCUT2D eigenvalue weighted by atomic mass is 9.96. The van der Waals surface area contributed by atoms with Crippen molar-refractivity contribution in [3.63, 3.8) is 0 Å². The van der Waals surface area contributed by atoms with Crippen LogP contribution in [0.1, 0.15) is 53.2 Å². The Morgan fingerprint density at radius 1 is 1.23 bits per heavy atom. The Labute approximate surface area is 223 Å². The second kappa shape index (κ2) is 10.4. The summed E-state index contributed by atoms with van der Waals surface area (Å²) in [5.41, 5.74) is -2.99. The number of nitrogens with zero attached hydrogens (tertiary/aromatic N) is 1. The number of sulfone groups is 1. The van der Waals surface area contributed by atoms with Gasteiger partial charge in [0.1, 0.15) is 11.9 Å². The maximum Gasteiger partial charge on any atom is 0.416 e. The fourth-order valence-electron chi connectivity index (χ4n) is 4.92. The van der Waals surface area contributed by atoms with E-state index >= 15 is 0 Å². The van der Waals surface area contributed by atoms with E-state index in [0.717, 1.165) is 12.3 Å². The SMILES string of the molecule is C=CC[C@@H]1C[C@H](C(=O)N[C@@H](c2ccc(C(F)(F)F)cc2F)C2(O)CC2)N(C(=O)c2cccc(S(C)(=O)=O)c2)C1. The highest BCUT2D eigenvalue weighted by Crippen LogP contribution is 2.47. The van der Waals surface area contributed by atoms with Crippen LogP contribution in [0, 0.1) is 11.7 Å². The summed E-state index contributed by atoms with van der Waals surface area (Å²) in [6.07, 6.45) is -1.02. The average molecular weight is 569 g/mol. The molecule has 2 aliphatic rings. The van der Waals surface area contributed by atoms with E-state index in [4.69, 9.17) is 0 Å². The van der Waals surface area contributed by atoms with E-state index in [1.807, 2.05) is 0 Å². The van der Waals surface area contributed by atoms with Crippen LogP contribution in [-0.2, 0) is 20.8 Å². The van der Waals surface area contributed by atoms with E-state index < -0.39 is 56.9 Å². The normalized spacial score (nSPS) is 21.3. The van der Waals surface area contributed by atoms with Gasteiger partial charge in [0.2, 0.25) is 5.91 Å². The van der Waals surface area contributed by atoms with Gasteiger partial charge in [-0.3, -0.25) is 9.59 Å². The Kier molecular flexibility index (Phi) is 7.65. The minimum atomic E-state index is -4.77. The predicted molar refractivity (Wildman–Crippen MR) is 134 cm³/mol. The van der Waals surface area contributed by atoms with Crippen LogP contribution in [0.2, 0.25) is 0 Å². The number of rotatable bonds is 8. The molecule has 2 fully saturated rings. The topological polar surface area (TPSA) is 104 Å². The molecule has 2 amide bonds. The third-order valence-electron chi connectivity index (χ3n) is 7.19. The first-order valence-corrected chi connectivity index (χ1v) is 14.1. The van der Waals surface area contributed by atoms with Gasteiger partial charge in [-0.25, -0.2) is 12.8 Å². The number of carbonyl (C=O) groups excluding carboxylic acids is 2. The smallest absolute Gasteiger partial charge is 0.387 e. The highest BCUT2D eigenvalue weighted by Gasteiger charge is 2.51. The minimum Gasteiger partial charge on any atom is -0.387 e. The second-order valence-corrected chi connectivity index (χ2v) is 12.2. The summed E-state index contributed by atoms with van der Waals surface area (Å²) in [6.45, 7) is 3.86. The van der Waals surface area contributed by atoms with Crippen molar-refractivity contribution in [3.05, 3.63) is 77.6 Å². The average Bonchev–Trinajstić information content (AvgIpc) is 3.46. The maximum absolute atomic E-state index is 14.9. The molecular weight excluding hydrogens is 540 g/mol. The highest BCUT2D eigenvalue weighted by molar-refractivity contribution is 7.90. The summed E-state index contributed by atoms with van der Waals surface area (Å²) in [5, 5.41) is 13.4. The first-order chi connectivity index (χ1) is 18.1. The standard InChI is InChI=1S/C27H28F4N2O5S/c1-3-5-16-12-22(33(15-16)25(35)17-6-4-7-19(13-17)39(2,37)38)24(34)32-23(26(36)10-11-26)20-9-8-18(14-21(20)28)27(29,30)31/h3-4,6-9,13-14,16,22-23,36H,1,5,10-12,15H2,2H3,(H,32,34)/t16-,22-,23+/m1/s1. The molecule has 0 bridgehead atoms. The van der Waals surface area contributed by atoms with Crippen LogP contribution < -0.4 is 5.32 Å². The molecule has 7 nitrogen and oxygen atoms in total. The second-order valence-electron chi connectivity index (χ2n) is 10.2. The monoisotopic (exact) mass is 568 g/mol. The Morgan fingerprint density at radius 2 is 1.92 bits per heavy atom. The number of hydrogen-bond donors (Lipinski definition) is 2. The molecule has 12 heteroatoms. The zero-order valence-corrected chi connectivity index (χ0v) is 21.9. The lowest BCUT2D eigenvalue weighted by Crippen LogP contribution is -2.49. The molecule has 1 aliphatic carbocycles. The third kappa shape index (κ3) is 6.17. The van der Waals surface area contributed by atoms with E-state index in [1.165, 1.54) is 29.2 Å². The molecule has 4 rings (SSSR count). The molecule has 1 saturated heterocycles. The number of allylic oxidation sites excluding steroid dienone is 1. The van der Waals surface area contributed by atoms with Crippen molar-refractivity contribution in [3.8, 4) is 0 Å². The number of halogens is 4. The van der Waals surface area contributed by atoms with Crippen molar-refractivity contribution in [1.29, 1.82) is 0 Å². The highest BCUT2D eigenvalue weighted by atomic mass is 32.2. The van der Waals surface area contributed by atoms with Crippen LogP contribution in [-0.4, -0.2) is 54.7 Å². The van der Waals surface area contributed by atoms with Crippen molar-refractivity contribution < 1.29 is 40.7 Å². The Morgan fingerprint density at radius 3 is 2.49 bits per heavy atom. The summed E-state index contributed by atoms with van der Waals surface area (Å²) in [7, 11) is -3.60. The number of benzene rings is 2. The van der Waals surface area contributed by atoms with Crippen LogP contribution >= 0.6 is 0 Å². The van der Waals surface area contributed by atoms with Gasteiger partial charge in [-0.15, -0.1) is 6.58 Å². The molecule has 0 aromatic heterocycles. The van der Waals surface area contributed by atoms with E-state index in [-0.39, 0.29) is 47.7 Å². The third-order valence-corrected chi connectivity index (χ3v) is 8.30. The van der Waals surface area contributed by atoms with Gasteiger partial charge in [0.05, 0.1) is 22.1 Å². The Balaban J connectivity index is 1.63. The fraction of sp³-hybridized carbons (Fsp3) is 0.407. The maximum atomic E-state index is 14.9. The lowest BCUT2D eigenvalue weighted by molar-refractivity contribution is -0.137. The van der Waals surface area contributed by atoms with Gasteiger partial charge in [-0.2, -0.15) is 13.2 Å². The molecule has 0 spiro atoms. The number of hydrogen-bond acceptors (Lipinski definition) is 5. The predicted octanol–water partition coefficient (Wildman–Crippen LogP) is 4.04. The summed E-state index contributed by atoms with van der Waals surface area (Å²) in [4.78, 5) is 28.2. The van der Waals surface area contributed by atoms with E-state index in [1.54, 1.807) is 6.08 Å². The molecule has 1 saturated carbocycles. The van der Waals surface area contributed by atoms with Gasteiger partial charge in [-0.05, 0) is 61.9 Å². The van der Waals surface area contributed by atoms with Gasteiger partial charge in [0, 0.05) is 23.9 Å². The van der Waals surface area contributed by atoms with Gasteiger partial charge in [0.15, 0.2) is 9.84 Å². The van der Waals surface area contributed by atoms with Crippen LogP contribution in [0.15, 0.2) is 60.0 Å². The van der Waals surface area contributed by atoms with Gasteiger partial charge >= 0.3 is 6.18 Å². The number of nitrogens with one attached hydrogen (secondary N) is 1. The van der Waals surface area contributed by atoms with Gasteiger partial charge < -0.3 is 15.3 Å². The van der Waals surface area contributed by atoms with Crippen molar-refractivity contribution in [2.24, 2.45) is 5.92 Å². The quantitative estimate of drug-likeness (QED) is 0.370. The van der Waals surface area contributed by atoms with Crippen LogP contribution in [0.25, 0.3) is 0 Å². The molecular formula is C27H28F4N2O5S. The zero-order valence-electron chi connectivity index (χ0n) is 21.0. The summed E-state index contributed by atoms with van der Waals surface area (Å²) >= 11 is 0. The van der Waals surface area contributed by atoms with E-state index in [9.17, 15) is 40.7 Å². The fourth-order valence-corrected chi connectivity index (χ4v) is 5.59. The van der Waals surface area contributed by atoms with Crippen LogP contribution in [0.4, 0.5) is 17.6 Å². The summed E-state index contributed by atoms with van der Waals surface area (Å²) in [5.74, 6) is -2.67. The molecule has 2 aromatic carbocycles. The van der Waals surface area contributed by atoms with Crippen molar-refractivity contribution in [2.45, 2.75) is 54.4 Å². The van der Waals surface area contributed by atoms with E-state index in [0.29, 0.717) is 18.6 Å². The number of aliphatic hydroxyl groups is 1. The molecule has 2 aromatic rings. The van der Waals surface area contributed by atoms with Crippen LogP contribution in [0.5, 0.6) is 0 Å². The Hall–Kier alpha value is -3.25. The molecule has 0 unspecified atom stereocenters. The molecule has 1 heterocycles. The molecule has 1 aliphatic heterocycles. The van der Waals surface area contributed by atoms with E-state index in [2.05, 4.69) is 11.9 Å². The first kappa shape index (κ1) is 28.8. The lowest BCUT2D eigenvalue weighted by Gasteiger charge is -2.29. The van der Waals surface area contributed by atoms with Crippen LogP contribution in [0.3, 0.4) is 0 Å². The molecule has 2 N–H and O–H groups in total. The van der Waals surface area contributed by atoms with Gasteiger partial charge in [0.25, 0.3) is 5.91 Å². The number of amides is 2. The number of carbonyl (C=O) groups is 2.